The Morgan fingerprint density at radius 3 is 2.28 bits per heavy atom. The van der Waals surface area contributed by atoms with Gasteiger partial charge in [-0.2, -0.15) is 0 Å². The summed E-state index contributed by atoms with van der Waals surface area (Å²) < 4.78 is 11.2. The zero-order valence-electron chi connectivity index (χ0n) is 11.3. The Balaban J connectivity index is 2.42. The van der Waals surface area contributed by atoms with E-state index in [0.717, 1.165) is 24.6 Å². The molecule has 18 heavy (non-hydrogen) atoms. The molecule has 0 saturated heterocycles. The van der Waals surface area contributed by atoms with Crippen LogP contribution in [0.25, 0.3) is 0 Å². The van der Waals surface area contributed by atoms with E-state index >= 15 is 0 Å². The summed E-state index contributed by atoms with van der Waals surface area (Å²) in [5.74, 6) is 1.56. The van der Waals surface area contributed by atoms with Crippen LogP contribution in [0.15, 0.2) is 24.3 Å². The molecule has 0 bridgehead atoms. The molecule has 0 fully saturated rings. The average molecular weight is 253 g/mol. The van der Waals surface area contributed by atoms with Crippen LogP contribution in [0.2, 0.25) is 0 Å². The monoisotopic (exact) mass is 253 g/mol. The maximum absolute atomic E-state index is 8.90. The average Bonchev–Trinajstić information content (AvgIpc) is 2.40. The summed E-state index contributed by atoms with van der Waals surface area (Å²) in [6.07, 6.45) is 0. The van der Waals surface area contributed by atoms with E-state index in [1.165, 1.54) is 0 Å². The van der Waals surface area contributed by atoms with Gasteiger partial charge < -0.3 is 14.6 Å². The molecule has 1 aromatic carbocycles. The second kappa shape index (κ2) is 8.78. The summed E-state index contributed by atoms with van der Waals surface area (Å²) in [6.45, 7) is 7.84. The van der Waals surface area contributed by atoms with Crippen molar-refractivity contribution in [3.05, 3.63) is 24.3 Å². The molecule has 1 aromatic rings. The molecule has 102 valence electrons. The van der Waals surface area contributed by atoms with E-state index < -0.39 is 0 Å². The maximum Gasteiger partial charge on any atom is 0.161 e. The van der Waals surface area contributed by atoms with Gasteiger partial charge in [0, 0.05) is 13.1 Å². The summed E-state index contributed by atoms with van der Waals surface area (Å²) in [7, 11) is 0. The smallest absolute Gasteiger partial charge is 0.161 e. The molecule has 0 atom stereocenters. The Bertz CT molecular complexity index is 331. The number of aliphatic hydroxyl groups is 1. The van der Waals surface area contributed by atoms with E-state index in [1.807, 2.05) is 31.2 Å². The van der Waals surface area contributed by atoms with Crippen molar-refractivity contribution < 1.29 is 14.6 Å². The predicted octanol–water partition coefficient (Wildman–Crippen LogP) is 1.78. The first kappa shape index (κ1) is 14.8. The van der Waals surface area contributed by atoms with E-state index in [2.05, 4.69) is 11.8 Å². The molecule has 1 N–H and O–H groups in total. The van der Waals surface area contributed by atoms with Crippen LogP contribution in [-0.4, -0.2) is 49.5 Å². The summed E-state index contributed by atoms with van der Waals surface area (Å²) in [4.78, 5) is 2.14. The van der Waals surface area contributed by atoms with Gasteiger partial charge in [0.1, 0.15) is 6.61 Å². The minimum atomic E-state index is 0.184. The molecule has 0 amide bonds. The molecule has 0 spiro atoms. The van der Waals surface area contributed by atoms with Crippen LogP contribution in [0.1, 0.15) is 13.8 Å². The molecule has 0 aliphatic carbocycles. The quantitative estimate of drug-likeness (QED) is 0.728. The molecule has 0 radical (unpaired) electrons. The fourth-order valence-electron chi connectivity index (χ4n) is 1.70. The highest BCUT2D eigenvalue weighted by molar-refractivity contribution is 5.39. The minimum Gasteiger partial charge on any atom is -0.490 e. The summed E-state index contributed by atoms with van der Waals surface area (Å²) in [5.41, 5.74) is 0. The SMILES string of the molecule is CCOc1ccccc1OCCN(CC)CCO. The van der Waals surface area contributed by atoms with Gasteiger partial charge in [0.15, 0.2) is 11.5 Å². The van der Waals surface area contributed by atoms with Crippen molar-refractivity contribution in [2.24, 2.45) is 0 Å². The van der Waals surface area contributed by atoms with Crippen molar-refractivity contribution in [3.63, 3.8) is 0 Å². The predicted molar refractivity (Wildman–Crippen MR) is 72.3 cm³/mol. The van der Waals surface area contributed by atoms with Gasteiger partial charge in [0.25, 0.3) is 0 Å². The Morgan fingerprint density at radius 1 is 1.06 bits per heavy atom. The van der Waals surface area contributed by atoms with E-state index in [1.54, 1.807) is 0 Å². The third-order valence-corrected chi connectivity index (χ3v) is 2.68. The van der Waals surface area contributed by atoms with Crippen molar-refractivity contribution in [2.75, 3.05) is 39.5 Å². The highest BCUT2D eigenvalue weighted by Gasteiger charge is 2.05. The van der Waals surface area contributed by atoms with Crippen molar-refractivity contribution in [3.8, 4) is 11.5 Å². The lowest BCUT2D eigenvalue weighted by Crippen LogP contribution is -2.30. The largest absolute Gasteiger partial charge is 0.490 e. The van der Waals surface area contributed by atoms with Crippen LogP contribution in [0, 0.1) is 0 Å². The van der Waals surface area contributed by atoms with Crippen molar-refractivity contribution in [1.29, 1.82) is 0 Å². The molecule has 4 nitrogen and oxygen atoms in total. The summed E-state index contributed by atoms with van der Waals surface area (Å²) in [6, 6.07) is 7.68. The number of para-hydroxylation sites is 2. The van der Waals surface area contributed by atoms with Crippen molar-refractivity contribution >= 4 is 0 Å². The Hall–Kier alpha value is -1.26. The van der Waals surface area contributed by atoms with Gasteiger partial charge in [0.05, 0.1) is 13.2 Å². The molecule has 0 aromatic heterocycles. The molecular weight excluding hydrogens is 230 g/mol. The van der Waals surface area contributed by atoms with Gasteiger partial charge in [-0.25, -0.2) is 0 Å². The first-order valence-electron chi connectivity index (χ1n) is 6.49. The van der Waals surface area contributed by atoms with E-state index in [4.69, 9.17) is 14.6 Å². The summed E-state index contributed by atoms with van der Waals surface area (Å²) in [5, 5.41) is 8.90. The topological polar surface area (TPSA) is 41.9 Å². The minimum absolute atomic E-state index is 0.184. The lowest BCUT2D eigenvalue weighted by Gasteiger charge is -2.19. The van der Waals surface area contributed by atoms with Crippen LogP contribution in [-0.2, 0) is 0 Å². The molecule has 0 heterocycles. The first-order valence-corrected chi connectivity index (χ1v) is 6.49. The molecule has 4 heteroatoms. The zero-order valence-corrected chi connectivity index (χ0v) is 11.3. The molecule has 0 saturated carbocycles. The standard InChI is InChI=1S/C14H23NO3/c1-3-15(9-11-16)10-12-18-14-8-6-5-7-13(14)17-4-2/h5-8,16H,3-4,9-12H2,1-2H3. The number of likely N-dealkylation sites (N-methyl/N-ethyl adjacent to an activating group) is 1. The van der Waals surface area contributed by atoms with Gasteiger partial charge in [-0.05, 0) is 25.6 Å². The van der Waals surface area contributed by atoms with Gasteiger partial charge in [-0.1, -0.05) is 19.1 Å². The van der Waals surface area contributed by atoms with E-state index in [9.17, 15) is 0 Å². The van der Waals surface area contributed by atoms with Crippen LogP contribution in [0.4, 0.5) is 0 Å². The van der Waals surface area contributed by atoms with Gasteiger partial charge in [-0.3, -0.25) is 4.90 Å². The number of nitrogens with zero attached hydrogens (tertiary/aromatic N) is 1. The molecular formula is C14H23NO3. The number of rotatable bonds is 9. The second-order valence-electron chi connectivity index (χ2n) is 3.89. The Kier molecular flexibility index (Phi) is 7.22. The van der Waals surface area contributed by atoms with Gasteiger partial charge in [-0.15, -0.1) is 0 Å². The molecule has 1 rings (SSSR count). The van der Waals surface area contributed by atoms with Gasteiger partial charge in [0.2, 0.25) is 0 Å². The van der Waals surface area contributed by atoms with Crippen molar-refractivity contribution in [1.82, 2.24) is 4.90 Å². The van der Waals surface area contributed by atoms with Crippen LogP contribution < -0.4 is 9.47 Å². The van der Waals surface area contributed by atoms with Gasteiger partial charge >= 0.3 is 0 Å². The molecule has 0 unspecified atom stereocenters. The van der Waals surface area contributed by atoms with E-state index in [-0.39, 0.29) is 6.61 Å². The highest BCUT2D eigenvalue weighted by atomic mass is 16.5. The van der Waals surface area contributed by atoms with Crippen LogP contribution >= 0.6 is 0 Å². The number of benzene rings is 1. The molecule has 0 aliphatic rings. The Labute approximate surface area is 109 Å². The fraction of sp³-hybridized carbons (Fsp3) is 0.571. The second-order valence-corrected chi connectivity index (χ2v) is 3.89. The third-order valence-electron chi connectivity index (χ3n) is 2.68. The number of hydrogen-bond donors (Lipinski definition) is 1. The van der Waals surface area contributed by atoms with Crippen molar-refractivity contribution in [2.45, 2.75) is 13.8 Å². The number of ether oxygens (including phenoxy) is 2. The van der Waals surface area contributed by atoms with Crippen LogP contribution in [0.3, 0.4) is 0 Å². The zero-order chi connectivity index (χ0) is 13.2. The lowest BCUT2D eigenvalue weighted by atomic mass is 10.3. The lowest BCUT2D eigenvalue weighted by molar-refractivity contribution is 0.171. The fourth-order valence-corrected chi connectivity index (χ4v) is 1.70. The third kappa shape index (κ3) is 4.94. The number of hydrogen-bond acceptors (Lipinski definition) is 4. The van der Waals surface area contributed by atoms with E-state index in [0.29, 0.717) is 19.8 Å². The van der Waals surface area contributed by atoms with Crippen LogP contribution in [0.5, 0.6) is 11.5 Å². The normalized spacial score (nSPS) is 10.7. The number of aliphatic hydroxyl groups excluding tert-OH is 1. The molecule has 0 aliphatic heterocycles. The maximum atomic E-state index is 8.90. The highest BCUT2D eigenvalue weighted by Crippen LogP contribution is 2.26. The summed E-state index contributed by atoms with van der Waals surface area (Å²) >= 11 is 0. The Morgan fingerprint density at radius 2 is 1.72 bits per heavy atom. The first-order chi connectivity index (χ1) is 8.81.